The number of fused-ring (bicyclic) bond motifs is 1. The van der Waals surface area contributed by atoms with Crippen LogP contribution in [0, 0.1) is 0 Å². The molecule has 0 bridgehead atoms. The Morgan fingerprint density at radius 3 is 2.20 bits per heavy atom. The van der Waals surface area contributed by atoms with Crippen LogP contribution < -0.4 is 0 Å². The van der Waals surface area contributed by atoms with Gasteiger partial charge < -0.3 is 4.74 Å². The Labute approximate surface area is 90.8 Å². The van der Waals surface area contributed by atoms with Gasteiger partial charge in [0.1, 0.15) is 0 Å². The van der Waals surface area contributed by atoms with Crippen LogP contribution in [0.15, 0.2) is 24.3 Å². The number of ether oxygens (including phenoxy) is 1. The van der Waals surface area contributed by atoms with Crippen molar-refractivity contribution in [2.75, 3.05) is 26.3 Å². The van der Waals surface area contributed by atoms with E-state index in [1.807, 2.05) is 0 Å². The van der Waals surface area contributed by atoms with Gasteiger partial charge in [0.25, 0.3) is 0 Å². The largest absolute Gasteiger partial charge is 0.379 e. The summed E-state index contributed by atoms with van der Waals surface area (Å²) < 4.78 is 5.39. The van der Waals surface area contributed by atoms with E-state index >= 15 is 0 Å². The van der Waals surface area contributed by atoms with Crippen LogP contribution in [0.5, 0.6) is 0 Å². The fraction of sp³-hybridized carbons (Fsp3) is 0.538. The van der Waals surface area contributed by atoms with Crippen molar-refractivity contribution < 1.29 is 4.74 Å². The van der Waals surface area contributed by atoms with Crippen LogP contribution in [-0.2, 0) is 17.6 Å². The summed E-state index contributed by atoms with van der Waals surface area (Å²) in [7, 11) is 0. The molecule has 15 heavy (non-hydrogen) atoms. The van der Waals surface area contributed by atoms with Crippen molar-refractivity contribution in [2.45, 2.75) is 18.9 Å². The van der Waals surface area contributed by atoms with Crippen molar-refractivity contribution >= 4 is 0 Å². The highest BCUT2D eigenvalue weighted by molar-refractivity contribution is 5.33. The number of benzene rings is 1. The molecule has 1 aliphatic carbocycles. The van der Waals surface area contributed by atoms with Gasteiger partial charge in [0.15, 0.2) is 0 Å². The second-order valence-corrected chi connectivity index (χ2v) is 4.48. The number of rotatable bonds is 1. The molecular formula is C13H17NO. The number of hydrogen-bond donors (Lipinski definition) is 0. The zero-order chi connectivity index (χ0) is 10.1. The molecule has 0 saturated carbocycles. The van der Waals surface area contributed by atoms with Crippen molar-refractivity contribution in [3.8, 4) is 0 Å². The van der Waals surface area contributed by atoms with E-state index < -0.39 is 0 Å². The molecule has 1 heterocycles. The SMILES string of the molecule is c1ccc2c(c1)CC(N1CCOCC1)C2. The van der Waals surface area contributed by atoms with Gasteiger partial charge in [-0.15, -0.1) is 0 Å². The summed E-state index contributed by atoms with van der Waals surface area (Å²) in [6.07, 6.45) is 2.46. The van der Waals surface area contributed by atoms with E-state index in [4.69, 9.17) is 4.74 Å². The molecule has 0 aromatic heterocycles. The summed E-state index contributed by atoms with van der Waals surface area (Å²) in [4.78, 5) is 2.59. The fourth-order valence-corrected chi connectivity index (χ4v) is 2.74. The second-order valence-electron chi connectivity index (χ2n) is 4.48. The third-order valence-electron chi connectivity index (χ3n) is 3.59. The van der Waals surface area contributed by atoms with Gasteiger partial charge in [-0.25, -0.2) is 0 Å². The highest BCUT2D eigenvalue weighted by atomic mass is 16.5. The van der Waals surface area contributed by atoms with Crippen LogP contribution >= 0.6 is 0 Å². The predicted molar refractivity (Wildman–Crippen MR) is 60.0 cm³/mol. The van der Waals surface area contributed by atoms with Crippen LogP contribution in [0.2, 0.25) is 0 Å². The van der Waals surface area contributed by atoms with Gasteiger partial charge in [-0.2, -0.15) is 0 Å². The summed E-state index contributed by atoms with van der Waals surface area (Å²) in [6.45, 7) is 4.04. The predicted octanol–water partition coefficient (Wildman–Crippen LogP) is 1.49. The lowest BCUT2D eigenvalue weighted by Gasteiger charge is -2.32. The summed E-state index contributed by atoms with van der Waals surface area (Å²) in [5, 5.41) is 0. The highest BCUT2D eigenvalue weighted by Gasteiger charge is 2.27. The van der Waals surface area contributed by atoms with E-state index in [2.05, 4.69) is 29.2 Å². The molecule has 0 spiro atoms. The third-order valence-corrected chi connectivity index (χ3v) is 3.59. The van der Waals surface area contributed by atoms with Crippen LogP contribution in [0.1, 0.15) is 11.1 Å². The maximum atomic E-state index is 5.39. The van der Waals surface area contributed by atoms with Gasteiger partial charge in [-0.3, -0.25) is 4.90 Å². The van der Waals surface area contributed by atoms with Crippen molar-refractivity contribution in [1.82, 2.24) is 4.90 Å². The van der Waals surface area contributed by atoms with Crippen LogP contribution in [-0.4, -0.2) is 37.2 Å². The summed E-state index contributed by atoms with van der Waals surface area (Å²) >= 11 is 0. The topological polar surface area (TPSA) is 12.5 Å². The summed E-state index contributed by atoms with van der Waals surface area (Å²) in [5.74, 6) is 0. The smallest absolute Gasteiger partial charge is 0.0594 e. The van der Waals surface area contributed by atoms with E-state index in [0.29, 0.717) is 0 Å². The molecule has 2 heteroatoms. The van der Waals surface area contributed by atoms with E-state index in [1.54, 1.807) is 11.1 Å². The van der Waals surface area contributed by atoms with E-state index in [0.717, 1.165) is 32.3 Å². The third kappa shape index (κ3) is 1.80. The second kappa shape index (κ2) is 3.95. The molecule has 0 unspecified atom stereocenters. The lowest BCUT2D eigenvalue weighted by atomic mass is 10.1. The molecule has 1 aliphatic heterocycles. The molecular weight excluding hydrogens is 186 g/mol. The van der Waals surface area contributed by atoms with Crippen molar-refractivity contribution in [3.05, 3.63) is 35.4 Å². The van der Waals surface area contributed by atoms with Crippen LogP contribution in [0.3, 0.4) is 0 Å². The average molecular weight is 203 g/mol. The number of morpholine rings is 1. The highest BCUT2D eigenvalue weighted by Crippen LogP contribution is 2.25. The van der Waals surface area contributed by atoms with Gasteiger partial charge >= 0.3 is 0 Å². The summed E-state index contributed by atoms with van der Waals surface area (Å²) in [5.41, 5.74) is 3.10. The molecule has 0 radical (unpaired) electrons. The Bertz CT molecular complexity index is 319. The molecule has 2 nitrogen and oxygen atoms in total. The Balaban J connectivity index is 1.72. The monoisotopic (exact) mass is 203 g/mol. The molecule has 3 rings (SSSR count). The molecule has 1 aromatic carbocycles. The Kier molecular flexibility index (Phi) is 2.47. The van der Waals surface area contributed by atoms with Crippen LogP contribution in [0.4, 0.5) is 0 Å². The number of hydrogen-bond acceptors (Lipinski definition) is 2. The fourth-order valence-electron chi connectivity index (χ4n) is 2.74. The first kappa shape index (κ1) is 9.37. The molecule has 0 N–H and O–H groups in total. The first-order valence-electron chi connectivity index (χ1n) is 5.82. The normalized spacial score (nSPS) is 22.9. The quantitative estimate of drug-likeness (QED) is 0.685. The molecule has 2 aliphatic rings. The molecule has 1 aromatic rings. The zero-order valence-electron chi connectivity index (χ0n) is 8.98. The lowest BCUT2D eigenvalue weighted by Crippen LogP contribution is -2.43. The first-order chi connectivity index (χ1) is 7.43. The van der Waals surface area contributed by atoms with E-state index in [-0.39, 0.29) is 0 Å². The van der Waals surface area contributed by atoms with Crippen molar-refractivity contribution in [2.24, 2.45) is 0 Å². The number of nitrogens with zero attached hydrogens (tertiary/aromatic N) is 1. The molecule has 1 fully saturated rings. The average Bonchev–Trinajstić information content (AvgIpc) is 2.74. The molecule has 80 valence electrons. The minimum absolute atomic E-state index is 0.728. The van der Waals surface area contributed by atoms with E-state index in [1.165, 1.54) is 12.8 Å². The standard InChI is InChI=1S/C13H17NO/c1-2-4-12-10-13(9-11(12)3-1)14-5-7-15-8-6-14/h1-4,13H,5-10H2. The Morgan fingerprint density at radius 2 is 1.60 bits per heavy atom. The van der Waals surface area contributed by atoms with Gasteiger partial charge in [-0.1, -0.05) is 24.3 Å². The lowest BCUT2D eigenvalue weighted by molar-refractivity contribution is 0.0187. The van der Waals surface area contributed by atoms with Crippen molar-refractivity contribution in [3.63, 3.8) is 0 Å². The van der Waals surface area contributed by atoms with E-state index in [9.17, 15) is 0 Å². The van der Waals surface area contributed by atoms with Crippen LogP contribution in [0.25, 0.3) is 0 Å². The minimum Gasteiger partial charge on any atom is -0.379 e. The Hall–Kier alpha value is -0.860. The zero-order valence-corrected chi connectivity index (χ0v) is 8.98. The summed E-state index contributed by atoms with van der Waals surface area (Å²) in [6, 6.07) is 9.58. The molecule has 0 atom stereocenters. The van der Waals surface area contributed by atoms with Gasteiger partial charge in [0.05, 0.1) is 13.2 Å². The maximum Gasteiger partial charge on any atom is 0.0594 e. The first-order valence-corrected chi connectivity index (χ1v) is 5.82. The Morgan fingerprint density at radius 1 is 1.00 bits per heavy atom. The van der Waals surface area contributed by atoms with Gasteiger partial charge in [0.2, 0.25) is 0 Å². The maximum absolute atomic E-state index is 5.39. The molecule has 0 amide bonds. The van der Waals surface area contributed by atoms with Gasteiger partial charge in [0, 0.05) is 19.1 Å². The molecule has 1 saturated heterocycles. The van der Waals surface area contributed by atoms with Gasteiger partial charge in [-0.05, 0) is 24.0 Å². The van der Waals surface area contributed by atoms with Crippen molar-refractivity contribution in [1.29, 1.82) is 0 Å². The minimum atomic E-state index is 0.728.